The summed E-state index contributed by atoms with van der Waals surface area (Å²) in [4.78, 5) is 8.52. The van der Waals surface area contributed by atoms with Gasteiger partial charge in [-0.05, 0) is 12.1 Å². The van der Waals surface area contributed by atoms with Gasteiger partial charge in [0, 0.05) is 13.1 Å². The summed E-state index contributed by atoms with van der Waals surface area (Å²) in [7, 11) is 0. The van der Waals surface area contributed by atoms with Gasteiger partial charge in [0.1, 0.15) is 10.8 Å². The first-order chi connectivity index (χ1) is 8.16. The summed E-state index contributed by atoms with van der Waals surface area (Å²) < 4.78 is 4.86. The summed E-state index contributed by atoms with van der Waals surface area (Å²) in [6.07, 6.45) is 1.66. The highest BCUT2D eigenvalue weighted by molar-refractivity contribution is 7.80. The first-order valence-electron chi connectivity index (χ1n) is 4.94. The summed E-state index contributed by atoms with van der Waals surface area (Å²) in [6.45, 7) is 2.14. The first kappa shape index (κ1) is 11.5. The number of pyridine rings is 1. The topological polar surface area (TPSA) is 89.9 Å². The smallest absolute Gasteiger partial charge is 0.223 e. The molecular weight excluding hydrogens is 238 g/mol. The highest BCUT2D eigenvalue weighted by Crippen LogP contribution is 2.11. The standard InChI is InChI=1S/C10H11N5OS/c1-6-14-8(15-16-6)5-13-10-7(9(11)17)3-2-4-12-10/h2-4H,5H2,1H3,(H2,11,17)(H,12,13). The fourth-order valence-electron chi connectivity index (χ4n) is 1.32. The van der Waals surface area contributed by atoms with E-state index in [1.165, 1.54) is 0 Å². The normalized spacial score (nSPS) is 10.2. The van der Waals surface area contributed by atoms with E-state index in [4.69, 9.17) is 22.5 Å². The Labute approximate surface area is 103 Å². The molecule has 0 amide bonds. The van der Waals surface area contributed by atoms with Gasteiger partial charge >= 0.3 is 0 Å². The number of thiocarbonyl (C=S) groups is 1. The molecule has 0 radical (unpaired) electrons. The maximum absolute atomic E-state index is 5.59. The predicted octanol–water partition coefficient (Wildman–Crippen LogP) is 1.02. The number of nitrogens with two attached hydrogens (primary N) is 1. The fraction of sp³-hybridized carbons (Fsp3) is 0.200. The van der Waals surface area contributed by atoms with Gasteiger partial charge in [-0.3, -0.25) is 0 Å². The second kappa shape index (κ2) is 4.88. The van der Waals surface area contributed by atoms with Crippen molar-refractivity contribution < 1.29 is 4.52 Å². The Bertz CT molecular complexity index is 539. The number of nitrogens with zero attached hydrogens (tertiary/aromatic N) is 3. The van der Waals surface area contributed by atoms with E-state index >= 15 is 0 Å². The highest BCUT2D eigenvalue weighted by atomic mass is 32.1. The van der Waals surface area contributed by atoms with E-state index in [-0.39, 0.29) is 0 Å². The van der Waals surface area contributed by atoms with Crippen molar-refractivity contribution in [2.75, 3.05) is 5.32 Å². The number of nitrogens with one attached hydrogen (secondary N) is 1. The molecule has 0 saturated heterocycles. The van der Waals surface area contributed by atoms with Crippen LogP contribution in [0.15, 0.2) is 22.9 Å². The van der Waals surface area contributed by atoms with Gasteiger partial charge in [0.15, 0.2) is 5.82 Å². The van der Waals surface area contributed by atoms with Gasteiger partial charge in [-0.15, -0.1) is 0 Å². The molecule has 6 nitrogen and oxygen atoms in total. The summed E-state index contributed by atoms with van der Waals surface area (Å²) in [5.41, 5.74) is 6.29. The second-order valence-corrected chi connectivity index (χ2v) is 3.79. The molecule has 0 spiro atoms. The highest BCUT2D eigenvalue weighted by Gasteiger charge is 2.07. The average Bonchev–Trinajstić information content (AvgIpc) is 2.73. The summed E-state index contributed by atoms with van der Waals surface area (Å²) in [5, 5.41) is 6.83. The quantitative estimate of drug-likeness (QED) is 0.782. The first-order valence-corrected chi connectivity index (χ1v) is 5.35. The maximum Gasteiger partial charge on any atom is 0.223 e. The SMILES string of the molecule is Cc1nc(CNc2ncccc2C(N)=S)no1. The van der Waals surface area contributed by atoms with Gasteiger partial charge in [0.2, 0.25) is 5.89 Å². The Kier molecular flexibility index (Phi) is 3.29. The van der Waals surface area contributed by atoms with Crippen LogP contribution in [0.3, 0.4) is 0 Å². The average molecular weight is 249 g/mol. The zero-order valence-electron chi connectivity index (χ0n) is 9.17. The van der Waals surface area contributed by atoms with Crippen LogP contribution in [0.5, 0.6) is 0 Å². The minimum atomic E-state index is 0.296. The van der Waals surface area contributed by atoms with Gasteiger partial charge in [-0.2, -0.15) is 4.98 Å². The summed E-state index contributed by atoms with van der Waals surface area (Å²) >= 11 is 4.93. The molecule has 0 fully saturated rings. The van der Waals surface area contributed by atoms with E-state index in [9.17, 15) is 0 Å². The zero-order chi connectivity index (χ0) is 12.3. The van der Waals surface area contributed by atoms with E-state index in [0.29, 0.717) is 34.6 Å². The molecule has 0 atom stereocenters. The number of rotatable bonds is 4. The molecule has 0 aliphatic carbocycles. The third-order valence-corrected chi connectivity index (χ3v) is 2.28. The minimum Gasteiger partial charge on any atom is -0.389 e. The molecule has 0 aromatic carbocycles. The minimum absolute atomic E-state index is 0.296. The molecule has 0 bridgehead atoms. The van der Waals surface area contributed by atoms with Gasteiger partial charge < -0.3 is 15.6 Å². The van der Waals surface area contributed by atoms with Crippen LogP contribution < -0.4 is 11.1 Å². The molecule has 0 aliphatic rings. The Morgan fingerprint density at radius 1 is 1.59 bits per heavy atom. The van der Waals surface area contributed by atoms with E-state index in [0.717, 1.165) is 0 Å². The molecule has 2 aromatic rings. The predicted molar refractivity (Wildman–Crippen MR) is 66.5 cm³/mol. The van der Waals surface area contributed by atoms with Crippen molar-refractivity contribution in [2.24, 2.45) is 5.73 Å². The molecule has 2 rings (SSSR count). The van der Waals surface area contributed by atoms with Crippen LogP contribution in [-0.4, -0.2) is 20.1 Å². The number of anilines is 1. The maximum atomic E-state index is 5.59. The molecule has 7 heteroatoms. The third-order valence-electron chi connectivity index (χ3n) is 2.06. The van der Waals surface area contributed by atoms with E-state index < -0.39 is 0 Å². The Morgan fingerprint density at radius 3 is 3.06 bits per heavy atom. The number of aryl methyl sites for hydroxylation is 1. The van der Waals surface area contributed by atoms with E-state index in [1.807, 2.05) is 0 Å². The largest absolute Gasteiger partial charge is 0.389 e. The van der Waals surface area contributed by atoms with Crippen LogP contribution >= 0.6 is 12.2 Å². The van der Waals surface area contributed by atoms with Crippen molar-refractivity contribution in [3.63, 3.8) is 0 Å². The monoisotopic (exact) mass is 249 g/mol. The lowest BCUT2D eigenvalue weighted by Gasteiger charge is -2.07. The van der Waals surface area contributed by atoms with Gasteiger partial charge in [0.05, 0.1) is 12.1 Å². The number of hydrogen-bond donors (Lipinski definition) is 2. The fourth-order valence-corrected chi connectivity index (χ4v) is 1.49. The molecule has 88 valence electrons. The number of hydrogen-bond acceptors (Lipinski definition) is 6. The number of aromatic nitrogens is 3. The summed E-state index contributed by atoms with van der Waals surface area (Å²) in [5.74, 6) is 1.70. The van der Waals surface area contributed by atoms with Crippen molar-refractivity contribution >= 4 is 23.0 Å². The zero-order valence-corrected chi connectivity index (χ0v) is 9.99. The van der Waals surface area contributed by atoms with Crippen LogP contribution in [0.4, 0.5) is 5.82 Å². The molecule has 0 aliphatic heterocycles. The van der Waals surface area contributed by atoms with Gasteiger partial charge in [0.25, 0.3) is 0 Å². The van der Waals surface area contributed by atoms with Crippen LogP contribution in [-0.2, 0) is 6.54 Å². The lowest BCUT2D eigenvalue weighted by atomic mass is 10.2. The molecule has 0 unspecified atom stereocenters. The van der Waals surface area contributed by atoms with Crippen LogP contribution in [0, 0.1) is 6.92 Å². The lowest BCUT2D eigenvalue weighted by molar-refractivity contribution is 0.388. The van der Waals surface area contributed by atoms with E-state index in [1.54, 1.807) is 25.3 Å². The van der Waals surface area contributed by atoms with Crippen molar-refractivity contribution in [1.82, 2.24) is 15.1 Å². The molecule has 17 heavy (non-hydrogen) atoms. The van der Waals surface area contributed by atoms with Gasteiger partial charge in [-0.25, -0.2) is 4.98 Å². The molecular formula is C10H11N5OS. The van der Waals surface area contributed by atoms with E-state index in [2.05, 4.69) is 20.4 Å². The lowest BCUT2D eigenvalue weighted by Crippen LogP contribution is -2.14. The van der Waals surface area contributed by atoms with Crippen molar-refractivity contribution in [1.29, 1.82) is 0 Å². The second-order valence-electron chi connectivity index (χ2n) is 3.35. The molecule has 2 heterocycles. The molecule has 0 saturated carbocycles. The summed E-state index contributed by atoms with van der Waals surface area (Å²) in [6, 6.07) is 3.58. The van der Waals surface area contributed by atoms with Crippen LogP contribution in [0.1, 0.15) is 17.3 Å². The van der Waals surface area contributed by atoms with Gasteiger partial charge in [-0.1, -0.05) is 17.4 Å². The Morgan fingerprint density at radius 2 is 2.41 bits per heavy atom. The third kappa shape index (κ3) is 2.76. The Balaban J connectivity index is 2.11. The van der Waals surface area contributed by atoms with Crippen molar-refractivity contribution in [3.8, 4) is 0 Å². The van der Waals surface area contributed by atoms with Crippen LogP contribution in [0.2, 0.25) is 0 Å². The molecule has 2 aromatic heterocycles. The van der Waals surface area contributed by atoms with Crippen molar-refractivity contribution in [2.45, 2.75) is 13.5 Å². The van der Waals surface area contributed by atoms with Crippen LogP contribution in [0.25, 0.3) is 0 Å². The van der Waals surface area contributed by atoms with Crippen molar-refractivity contribution in [3.05, 3.63) is 35.6 Å². The Hall–Kier alpha value is -2.02. The molecule has 3 N–H and O–H groups in total.